The maximum Gasteiger partial charge on any atom is 2.00 e. The first kappa shape index (κ1) is 24.4. The standard InChI is InChI=1S/2C5H7NO3.2H2O.Zn/c2*7-4-2-1-3(6-4)5(8)9;;;/h2*3H,1-2H2,(H,6,7)(H,8,9);2*1H2;/q;;;;+2/t2*3-;;;/m11.../s1. The molecule has 0 unspecified atom stereocenters. The number of carbonyl (C=O) groups excluding carboxylic acids is 4. The minimum atomic E-state index is -1.19. The van der Waals surface area contributed by atoms with Gasteiger partial charge in [0.25, 0.3) is 0 Å². The van der Waals surface area contributed by atoms with Crippen molar-refractivity contribution in [1.29, 1.82) is 0 Å². The molecule has 2 amide bonds. The molecule has 2 heterocycles. The van der Waals surface area contributed by atoms with E-state index in [-0.39, 0.29) is 42.2 Å². The van der Waals surface area contributed by atoms with E-state index in [4.69, 9.17) is 0 Å². The van der Waals surface area contributed by atoms with Crippen molar-refractivity contribution in [1.82, 2.24) is 10.6 Å². The van der Waals surface area contributed by atoms with Crippen molar-refractivity contribution in [3.05, 3.63) is 0 Å². The summed E-state index contributed by atoms with van der Waals surface area (Å²) in [5.74, 6) is -2.80. The van der Waals surface area contributed by atoms with Crippen LogP contribution in [0.4, 0.5) is 0 Å². The second kappa shape index (κ2) is 11.1. The minimum absolute atomic E-state index is 0. The van der Waals surface area contributed by atoms with Crippen LogP contribution in [0.2, 0.25) is 0 Å². The molecule has 0 radical (unpaired) electrons. The van der Waals surface area contributed by atoms with Gasteiger partial charge in [0.05, 0.1) is 24.0 Å². The molecule has 11 heteroatoms. The first-order valence-electron chi connectivity index (χ1n) is 5.40. The Balaban J connectivity index is -0.000000270. The van der Waals surface area contributed by atoms with Gasteiger partial charge in [0, 0.05) is 12.8 Å². The van der Waals surface area contributed by atoms with Gasteiger partial charge in [-0.3, -0.25) is 9.59 Å². The zero-order chi connectivity index (χ0) is 13.7. The molecule has 2 rings (SSSR count). The van der Waals surface area contributed by atoms with E-state index >= 15 is 0 Å². The van der Waals surface area contributed by atoms with Crippen LogP contribution in [-0.4, -0.2) is 35.8 Å². The summed E-state index contributed by atoms with van der Waals surface area (Å²) in [6.45, 7) is 0. The largest absolute Gasteiger partial charge is 2.00 e. The zero-order valence-corrected chi connectivity index (χ0v) is 14.3. The fraction of sp³-hybridized carbons (Fsp3) is 0.600. The summed E-state index contributed by atoms with van der Waals surface area (Å²) in [5, 5.41) is 24.5. The summed E-state index contributed by atoms with van der Waals surface area (Å²) in [7, 11) is 0. The molecule has 2 fully saturated rings. The first-order chi connectivity index (χ1) is 8.40. The summed E-state index contributed by atoms with van der Waals surface area (Å²) in [5.41, 5.74) is 0. The number of rotatable bonds is 2. The summed E-state index contributed by atoms with van der Waals surface area (Å²) in [4.78, 5) is 40.8. The Hall–Kier alpha value is -1.58. The number of nitrogens with one attached hydrogen (secondary N) is 2. The molecule has 0 aromatic heterocycles. The summed E-state index contributed by atoms with van der Waals surface area (Å²) in [6.07, 6.45) is 1.33. The van der Waals surface area contributed by atoms with E-state index in [9.17, 15) is 29.4 Å². The quantitative estimate of drug-likeness (QED) is 0.362. The molecule has 0 spiro atoms. The Labute approximate surface area is 132 Å². The second-order valence-corrected chi connectivity index (χ2v) is 3.96. The fourth-order valence-electron chi connectivity index (χ4n) is 1.58. The third-order valence-corrected chi connectivity index (χ3v) is 2.56. The van der Waals surface area contributed by atoms with E-state index in [2.05, 4.69) is 10.6 Å². The number of hydrogen-bond donors (Lipinski definition) is 2. The Kier molecular flexibility index (Phi) is 12.9. The van der Waals surface area contributed by atoms with Crippen LogP contribution in [-0.2, 0) is 49.6 Å². The van der Waals surface area contributed by atoms with Gasteiger partial charge in [-0.25, -0.2) is 0 Å². The van der Waals surface area contributed by atoms with Gasteiger partial charge < -0.3 is 41.4 Å². The predicted octanol–water partition coefficient (Wildman–Crippen LogP) is -5.82. The fourth-order valence-corrected chi connectivity index (χ4v) is 1.58. The summed E-state index contributed by atoms with van der Waals surface area (Å²) >= 11 is 0. The summed E-state index contributed by atoms with van der Waals surface area (Å²) < 4.78 is 0. The van der Waals surface area contributed by atoms with Gasteiger partial charge >= 0.3 is 19.5 Å². The van der Waals surface area contributed by atoms with Crippen LogP contribution in [0.1, 0.15) is 25.7 Å². The molecule has 0 saturated carbocycles. The predicted molar refractivity (Wildman–Crippen MR) is 62.1 cm³/mol. The Morgan fingerprint density at radius 2 is 1.14 bits per heavy atom. The van der Waals surface area contributed by atoms with E-state index < -0.39 is 24.0 Å². The number of hydrogen-bond acceptors (Lipinski definition) is 6. The average Bonchev–Trinajstić information content (AvgIpc) is 2.88. The average molecular weight is 360 g/mol. The van der Waals surface area contributed by atoms with Gasteiger partial charge in [-0.1, -0.05) is 0 Å². The topological polar surface area (TPSA) is 204 Å². The Morgan fingerprint density at radius 3 is 1.24 bits per heavy atom. The maximum atomic E-state index is 10.4. The van der Waals surface area contributed by atoms with Gasteiger partial charge in [-0.15, -0.1) is 0 Å². The van der Waals surface area contributed by atoms with Gasteiger partial charge in [0.2, 0.25) is 11.8 Å². The SMILES string of the molecule is O=C1CC[C@H](C(=O)[O-])N1.O=C1CC[C@H](C(=O)[O-])N1.[OH3+].[OH3+].[Zn+2]. The van der Waals surface area contributed by atoms with E-state index in [1.165, 1.54) is 0 Å². The molecule has 10 nitrogen and oxygen atoms in total. The van der Waals surface area contributed by atoms with Crippen molar-refractivity contribution in [2.24, 2.45) is 0 Å². The molecule has 8 N–H and O–H groups in total. The molecule has 21 heavy (non-hydrogen) atoms. The molecule has 2 atom stereocenters. The minimum Gasteiger partial charge on any atom is -0.548 e. The normalized spacial score (nSPS) is 22.1. The molecule has 2 saturated heterocycles. The number of carbonyl (C=O) groups is 4. The Morgan fingerprint density at radius 1 is 0.857 bits per heavy atom. The molecule has 0 bridgehead atoms. The third kappa shape index (κ3) is 8.33. The van der Waals surface area contributed by atoms with Gasteiger partial charge in [0.1, 0.15) is 0 Å². The third-order valence-electron chi connectivity index (χ3n) is 2.56. The van der Waals surface area contributed by atoms with Crippen molar-refractivity contribution < 1.29 is 59.8 Å². The maximum absolute atomic E-state index is 10.4. The molecular weight excluding hydrogens is 342 g/mol. The van der Waals surface area contributed by atoms with E-state index in [1.807, 2.05) is 0 Å². The number of amides is 2. The van der Waals surface area contributed by atoms with Crippen LogP contribution >= 0.6 is 0 Å². The van der Waals surface area contributed by atoms with Crippen molar-refractivity contribution >= 4 is 23.8 Å². The van der Waals surface area contributed by atoms with Crippen LogP contribution < -0.4 is 20.8 Å². The van der Waals surface area contributed by atoms with E-state index in [0.29, 0.717) is 25.7 Å². The van der Waals surface area contributed by atoms with E-state index in [0.717, 1.165) is 0 Å². The molecule has 0 aromatic carbocycles. The van der Waals surface area contributed by atoms with Crippen LogP contribution in [0.15, 0.2) is 0 Å². The second-order valence-electron chi connectivity index (χ2n) is 3.96. The number of carboxylic acid groups (broad SMARTS) is 2. The Bertz CT molecular complexity index is 353. The van der Waals surface area contributed by atoms with Crippen molar-refractivity contribution in [3.8, 4) is 0 Å². The smallest absolute Gasteiger partial charge is 0.548 e. The van der Waals surface area contributed by atoms with Crippen molar-refractivity contribution in [2.45, 2.75) is 37.8 Å². The van der Waals surface area contributed by atoms with Gasteiger partial charge in [0.15, 0.2) is 0 Å². The molecule has 0 aliphatic carbocycles. The van der Waals surface area contributed by atoms with Crippen LogP contribution in [0, 0.1) is 0 Å². The number of aliphatic carboxylic acids is 2. The van der Waals surface area contributed by atoms with E-state index in [1.54, 1.807) is 0 Å². The van der Waals surface area contributed by atoms with Gasteiger partial charge in [-0.05, 0) is 12.8 Å². The van der Waals surface area contributed by atoms with Crippen molar-refractivity contribution in [3.63, 3.8) is 0 Å². The number of carboxylic acids is 2. The van der Waals surface area contributed by atoms with Crippen LogP contribution in [0.25, 0.3) is 0 Å². The molecule has 0 aromatic rings. The molecule has 2 aliphatic rings. The summed E-state index contributed by atoms with van der Waals surface area (Å²) in [6, 6.07) is -1.50. The van der Waals surface area contributed by atoms with Crippen LogP contribution in [0.5, 0.6) is 0 Å². The monoisotopic (exact) mass is 358 g/mol. The first-order valence-corrected chi connectivity index (χ1v) is 5.40. The molecule has 116 valence electrons. The van der Waals surface area contributed by atoms with Gasteiger partial charge in [-0.2, -0.15) is 0 Å². The molecule has 2 aliphatic heterocycles. The zero-order valence-electron chi connectivity index (χ0n) is 11.3. The van der Waals surface area contributed by atoms with Crippen LogP contribution in [0.3, 0.4) is 0 Å². The van der Waals surface area contributed by atoms with Crippen molar-refractivity contribution in [2.75, 3.05) is 0 Å². The molecular formula is C10H18N2O8Zn+2.